The van der Waals surface area contributed by atoms with Crippen LogP contribution in [0, 0.1) is 28.6 Å². The molecule has 0 amide bonds. The molecule has 2 heteroatoms. The molecule has 0 radical (unpaired) electrons. The third-order valence-corrected chi connectivity index (χ3v) is 7.12. The average molecular weight is 309 g/mol. The highest BCUT2D eigenvalue weighted by Gasteiger charge is 2.55. The molecule has 2 aliphatic carbocycles. The second kappa shape index (κ2) is 6.65. The van der Waals surface area contributed by atoms with Gasteiger partial charge in [0.15, 0.2) is 0 Å². The highest BCUT2D eigenvalue weighted by Crippen LogP contribution is 2.61. The van der Waals surface area contributed by atoms with E-state index in [0.29, 0.717) is 24.4 Å². The van der Waals surface area contributed by atoms with E-state index in [2.05, 4.69) is 34.3 Å². The Morgan fingerprint density at radius 2 is 1.91 bits per heavy atom. The molecule has 0 aromatic rings. The van der Waals surface area contributed by atoms with Gasteiger partial charge in [-0.2, -0.15) is 0 Å². The molecule has 0 unspecified atom stereocenters. The summed E-state index contributed by atoms with van der Waals surface area (Å²) in [5.41, 5.74) is 1.74. The van der Waals surface area contributed by atoms with Crippen LogP contribution in [0.1, 0.15) is 72.6 Å². The van der Waals surface area contributed by atoms with E-state index >= 15 is 0 Å². The second-order valence-corrected chi connectivity index (χ2v) is 8.88. The number of aliphatic hydroxyl groups excluding tert-OH is 2. The first kappa shape index (κ1) is 18.0. The van der Waals surface area contributed by atoms with Crippen LogP contribution in [0.5, 0.6) is 0 Å². The molecule has 2 N–H and O–H groups in total. The molecule has 2 aliphatic rings. The Morgan fingerprint density at radius 3 is 2.55 bits per heavy atom. The molecule has 0 saturated heterocycles. The summed E-state index contributed by atoms with van der Waals surface area (Å²) in [4.78, 5) is 0. The van der Waals surface area contributed by atoms with E-state index in [0.717, 1.165) is 25.7 Å². The highest BCUT2D eigenvalue weighted by molar-refractivity contribution is 5.16. The fourth-order valence-electron chi connectivity index (χ4n) is 5.51. The molecule has 0 aromatic heterocycles. The zero-order valence-corrected chi connectivity index (χ0v) is 15.1. The van der Waals surface area contributed by atoms with Crippen molar-refractivity contribution in [1.29, 1.82) is 0 Å². The van der Waals surface area contributed by atoms with Crippen molar-refractivity contribution in [1.82, 2.24) is 0 Å². The fraction of sp³-hybridized carbons (Fsp3) is 0.900. The Morgan fingerprint density at radius 1 is 1.23 bits per heavy atom. The first-order valence-corrected chi connectivity index (χ1v) is 9.20. The summed E-state index contributed by atoms with van der Waals surface area (Å²) in [5.74, 6) is 1.76. The highest BCUT2D eigenvalue weighted by atomic mass is 16.3. The summed E-state index contributed by atoms with van der Waals surface area (Å²) in [7, 11) is 0. The van der Waals surface area contributed by atoms with Gasteiger partial charge in [0, 0.05) is 6.61 Å². The van der Waals surface area contributed by atoms with Crippen molar-refractivity contribution in [2.75, 3.05) is 6.61 Å². The van der Waals surface area contributed by atoms with Crippen LogP contribution < -0.4 is 0 Å². The number of hydrogen-bond donors (Lipinski definition) is 2. The van der Waals surface area contributed by atoms with Crippen LogP contribution in [0.3, 0.4) is 0 Å². The van der Waals surface area contributed by atoms with E-state index in [1.807, 2.05) is 0 Å². The van der Waals surface area contributed by atoms with E-state index in [9.17, 15) is 5.11 Å². The quantitative estimate of drug-likeness (QED) is 0.731. The first-order valence-electron chi connectivity index (χ1n) is 9.20. The number of hydrogen-bond acceptors (Lipinski definition) is 2. The van der Waals surface area contributed by atoms with Crippen molar-refractivity contribution in [2.45, 2.75) is 78.7 Å². The summed E-state index contributed by atoms with van der Waals surface area (Å²) in [6, 6.07) is 0. The summed E-state index contributed by atoms with van der Waals surface area (Å²) < 4.78 is 0. The lowest BCUT2D eigenvalue weighted by molar-refractivity contribution is -0.125. The van der Waals surface area contributed by atoms with Crippen LogP contribution in [0.4, 0.5) is 0 Å². The van der Waals surface area contributed by atoms with Gasteiger partial charge < -0.3 is 10.2 Å². The van der Waals surface area contributed by atoms with Gasteiger partial charge in [-0.3, -0.25) is 0 Å². The van der Waals surface area contributed by atoms with E-state index in [4.69, 9.17) is 5.11 Å². The Hall–Kier alpha value is -0.340. The van der Waals surface area contributed by atoms with Crippen LogP contribution in [-0.2, 0) is 0 Å². The van der Waals surface area contributed by atoms with Crippen LogP contribution in [-0.4, -0.2) is 22.9 Å². The summed E-state index contributed by atoms with van der Waals surface area (Å²) in [5, 5.41) is 19.6. The molecular weight excluding hydrogens is 272 g/mol. The minimum absolute atomic E-state index is 0.0165. The van der Waals surface area contributed by atoms with Crippen molar-refractivity contribution >= 4 is 0 Å². The Labute approximate surface area is 137 Å². The van der Waals surface area contributed by atoms with E-state index in [-0.39, 0.29) is 16.9 Å². The average Bonchev–Trinajstić information content (AvgIpc) is 2.43. The normalized spacial score (nSPS) is 39.4. The minimum atomic E-state index is -0.161. The molecule has 0 aliphatic heterocycles. The molecule has 22 heavy (non-hydrogen) atoms. The van der Waals surface area contributed by atoms with Crippen molar-refractivity contribution in [2.24, 2.45) is 28.6 Å². The SMILES string of the molecule is C=C1CC[C@H]2C(C)(C)[C@@H](O)CC[C@]2(C)[C@H]1CC[C@@H](C)CCO. The summed E-state index contributed by atoms with van der Waals surface area (Å²) in [6.07, 6.45) is 7.47. The smallest absolute Gasteiger partial charge is 0.0594 e. The maximum absolute atomic E-state index is 10.5. The predicted octanol–water partition coefficient (Wildman–Crippen LogP) is 4.55. The molecule has 128 valence electrons. The summed E-state index contributed by atoms with van der Waals surface area (Å²) in [6.45, 7) is 13.9. The van der Waals surface area contributed by atoms with Crippen molar-refractivity contribution in [3.8, 4) is 0 Å². The molecule has 2 nitrogen and oxygen atoms in total. The Bertz CT molecular complexity index is 401. The van der Waals surface area contributed by atoms with Gasteiger partial charge in [-0.1, -0.05) is 46.3 Å². The molecule has 0 heterocycles. The maximum Gasteiger partial charge on any atom is 0.0594 e. The van der Waals surface area contributed by atoms with Gasteiger partial charge in [-0.25, -0.2) is 0 Å². The van der Waals surface area contributed by atoms with Crippen LogP contribution >= 0.6 is 0 Å². The lowest BCUT2D eigenvalue weighted by Crippen LogP contribution is -2.54. The van der Waals surface area contributed by atoms with E-state index < -0.39 is 0 Å². The van der Waals surface area contributed by atoms with Gasteiger partial charge in [0.25, 0.3) is 0 Å². The molecule has 2 saturated carbocycles. The van der Waals surface area contributed by atoms with Crippen LogP contribution in [0.2, 0.25) is 0 Å². The zero-order chi connectivity index (χ0) is 16.5. The van der Waals surface area contributed by atoms with Crippen molar-refractivity contribution < 1.29 is 10.2 Å². The van der Waals surface area contributed by atoms with Gasteiger partial charge in [0.05, 0.1) is 6.10 Å². The van der Waals surface area contributed by atoms with Gasteiger partial charge in [-0.05, 0) is 67.1 Å². The molecule has 5 atom stereocenters. The number of allylic oxidation sites excluding steroid dienone is 1. The maximum atomic E-state index is 10.5. The largest absolute Gasteiger partial charge is 0.396 e. The van der Waals surface area contributed by atoms with Gasteiger partial charge in [0.1, 0.15) is 0 Å². The predicted molar refractivity (Wildman–Crippen MR) is 92.6 cm³/mol. The minimum Gasteiger partial charge on any atom is -0.396 e. The molecule has 0 aromatic carbocycles. The zero-order valence-electron chi connectivity index (χ0n) is 15.1. The van der Waals surface area contributed by atoms with Gasteiger partial charge in [0.2, 0.25) is 0 Å². The second-order valence-electron chi connectivity index (χ2n) is 8.88. The Kier molecular flexibility index (Phi) is 5.44. The van der Waals surface area contributed by atoms with Gasteiger partial charge >= 0.3 is 0 Å². The monoisotopic (exact) mass is 308 g/mol. The van der Waals surface area contributed by atoms with E-state index in [1.165, 1.54) is 24.8 Å². The third kappa shape index (κ3) is 3.14. The number of aliphatic hydroxyl groups is 2. The molecule has 0 spiro atoms. The third-order valence-electron chi connectivity index (χ3n) is 7.12. The molecular formula is C20H36O2. The first-order chi connectivity index (χ1) is 10.2. The number of rotatable bonds is 5. The molecule has 0 bridgehead atoms. The summed E-state index contributed by atoms with van der Waals surface area (Å²) >= 11 is 0. The molecule has 2 rings (SSSR count). The molecule has 2 fully saturated rings. The van der Waals surface area contributed by atoms with Crippen LogP contribution in [0.15, 0.2) is 12.2 Å². The number of fused-ring (bicyclic) bond motifs is 1. The van der Waals surface area contributed by atoms with Crippen LogP contribution in [0.25, 0.3) is 0 Å². The standard InChI is InChI=1S/C20H36O2/c1-14(11-13-21)6-8-16-15(2)7-9-17-19(3,4)18(22)10-12-20(16,17)5/h14,16-18,21-22H,2,6-13H2,1,3-5H3/t14-,16+,17+,18+,20-/m1/s1. The topological polar surface area (TPSA) is 40.5 Å². The van der Waals surface area contributed by atoms with E-state index in [1.54, 1.807) is 0 Å². The fourth-order valence-corrected chi connectivity index (χ4v) is 5.51. The lowest BCUT2D eigenvalue weighted by atomic mass is 9.46. The van der Waals surface area contributed by atoms with Crippen molar-refractivity contribution in [3.63, 3.8) is 0 Å². The lowest BCUT2D eigenvalue weighted by Gasteiger charge is -2.59. The van der Waals surface area contributed by atoms with Crippen molar-refractivity contribution in [3.05, 3.63) is 12.2 Å². The Balaban J connectivity index is 2.16. The van der Waals surface area contributed by atoms with Gasteiger partial charge in [-0.15, -0.1) is 0 Å².